The maximum Gasteiger partial charge on any atom is 0.330 e. The molecule has 1 fully saturated rings. The zero-order valence-corrected chi connectivity index (χ0v) is 10.4. The van der Waals surface area contributed by atoms with E-state index in [9.17, 15) is 24.9 Å². The van der Waals surface area contributed by atoms with Gasteiger partial charge < -0.3 is 20.1 Å². The fraction of sp³-hybridized carbons (Fsp3) is 0.636. The summed E-state index contributed by atoms with van der Waals surface area (Å²) in [5.41, 5.74) is -2.33. The molecular formula is C11H16N2O6. The van der Waals surface area contributed by atoms with Crippen LogP contribution in [0.25, 0.3) is 0 Å². The van der Waals surface area contributed by atoms with Crippen LogP contribution in [0.2, 0.25) is 0 Å². The molecule has 2 atom stereocenters. The zero-order chi connectivity index (χ0) is 14.2. The summed E-state index contributed by atoms with van der Waals surface area (Å²) in [5.74, 6) is 0. The number of hydrogen-bond donors (Lipinski definition) is 4. The molecule has 4 N–H and O–H groups in total. The molecule has 0 amide bonds. The van der Waals surface area contributed by atoms with Crippen molar-refractivity contribution in [1.29, 1.82) is 0 Å². The monoisotopic (exact) mass is 272 g/mol. The first-order valence-electron chi connectivity index (χ1n) is 5.83. The van der Waals surface area contributed by atoms with Gasteiger partial charge in [-0.2, -0.15) is 0 Å². The molecule has 0 saturated carbocycles. The van der Waals surface area contributed by atoms with Gasteiger partial charge in [-0.1, -0.05) is 0 Å². The molecule has 0 unspecified atom stereocenters. The highest BCUT2D eigenvalue weighted by atomic mass is 16.6. The summed E-state index contributed by atoms with van der Waals surface area (Å²) in [4.78, 5) is 25.1. The van der Waals surface area contributed by atoms with E-state index in [1.54, 1.807) is 0 Å². The third kappa shape index (κ3) is 2.23. The van der Waals surface area contributed by atoms with Crippen LogP contribution in [0.5, 0.6) is 0 Å². The Hall–Kier alpha value is -1.48. The third-order valence-corrected chi connectivity index (χ3v) is 3.39. The number of rotatable bonds is 3. The number of aliphatic hydroxyl groups excluding tert-OH is 3. The third-order valence-electron chi connectivity index (χ3n) is 3.39. The van der Waals surface area contributed by atoms with Crippen molar-refractivity contribution < 1.29 is 20.1 Å². The number of nitrogens with zero attached hydrogens (tertiary/aromatic N) is 1. The Morgan fingerprint density at radius 3 is 2.63 bits per heavy atom. The minimum absolute atomic E-state index is 0.0342. The van der Waals surface area contributed by atoms with Gasteiger partial charge in [-0.25, -0.2) is 4.79 Å². The van der Waals surface area contributed by atoms with Gasteiger partial charge in [0.15, 0.2) is 0 Å². The molecule has 0 aromatic carbocycles. The maximum absolute atomic E-state index is 11.7. The van der Waals surface area contributed by atoms with E-state index in [0.717, 1.165) is 4.57 Å². The Labute approximate surface area is 107 Å². The second kappa shape index (κ2) is 4.89. The molecule has 2 rings (SSSR count). The standard InChI is InChI=1S/C11H16N2O6/c1-6-3-13(10(18)12-9(6)17)8-2-7(16)11(4-14,5-15)19-8/h3,7-8,14-16H,2,4-5H2,1H3,(H,12,17,18)/t7-,8-/m1/s1. The Morgan fingerprint density at radius 2 is 2.11 bits per heavy atom. The lowest BCUT2D eigenvalue weighted by Gasteiger charge is -2.27. The Morgan fingerprint density at radius 1 is 1.47 bits per heavy atom. The van der Waals surface area contributed by atoms with Crippen LogP contribution >= 0.6 is 0 Å². The van der Waals surface area contributed by atoms with Gasteiger partial charge in [0, 0.05) is 18.2 Å². The van der Waals surface area contributed by atoms with Crippen molar-refractivity contribution in [3.63, 3.8) is 0 Å². The number of aromatic amines is 1. The van der Waals surface area contributed by atoms with E-state index in [4.69, 9.17) is 4.74 Å². The maximum atomic E-state index is 11.7. The summed E-state index contributed by atoms with van der Waals surface area (Å²) in [6.07, 6.45) is -0.598. The fourth-order valence-electron chi connectivity index (χ4n) is 2.11. The predicted octanol–water partition coefficient (Wildman–Crippen LogP) is -2.15. The number of aryl methyl sites for hydroxylation is 1. The lowest BCUT2D eigenvalue weighted by molar-refractivity contribution is -0.150. The van der Waals surface area contributed by atoms with E-state index < -0.39 is 42.4 Å². The minimum Gasteiger partial charge on any atom is -0.393 e. The molecule has 106 valence electrons. The topological polar surface area (TPSA) is 125 Å². The molecule has 1 saturated heterocycles. The summed E-state index contributed by atoms with van der Waals surface area (Å²) in [5, 5.41) is 28.3. The van der Waals surface area contributed by atoms with E-state index in [0.29, 0.717) is 5.56 Å². The van der Waals surface area contributed by atoms with Crippen LogP contribution < -0.4 is 11.2 Å². The van der Waals surface area contributed by atoms with Crippen LogP contribution in [0.4, 0.5) is 0 Å². The minimum atomic E-state index is -1.49. The lowest BCUT2D eigenvalue weighted by atomic mass is 9.99. The van der Waals surface area contributed by atoms with Crippen molar-refractivity contribution in [2.24, 2.45) is 0 Å². The van der Waals surface area contributed by atoms with Gasteiger partial charge in [-0.05, 0) is 6.92 Å². The normalized spacial score (nSPS) is 25.7. The van der Waals surface area contributed by atoms with Crippen molar-refractivity contribution in [3.8, 4) is 0 Å². The first-order valence-corrected chi connectivity index (χ1v) is 5.83. The first kappa shape index (κ1) is 13.9. The van der Waals surface area contributed by atoms with Crippen molar-refractivity contribution >= 4 is 0 Å². The van der Waals surface area contributed by atoms with Crippen molar-refractivity contribution in [3.05, 3.63) is 32.6 Å². The molecule has 8 nitrogen and oxygen atoms in total. The van der Waals surface area contributed by atoms with E-state index in [-0.39, 0.29) is 6.42 Å². The molecule has 1 aliphatic rings. The van der Waals surface area contributed by atoms with Crippen LogP contribution in [0, 0.1) is 6.92 Å². The second-order valence-corrected chi connectivity index (χ2v) is 4.68. The second-order valence-electron chi connectivity index (χ2n) is 4.68. The smallest absolute Gasteiger partial charge is 0.330 e. The Bertz CT molecular complexity index is 573. The van der Waals surface area contributed by atoms with Crippen LogP contribution in [0.1, 0.15) is 18.2 Å². The van der Waals surface area contributed by atoms with E-state index in [1.165, 1.54) is 13.1 Å². The Kier molecular flexibility index (Phi) is 3.59. The summed E-state index contributed by atoms with van der Waals surface area (Å²) in [6, 6.07) is 0. The molecule has 1 aromatic rings. The van der Waals surface area contributed by atoms with Gasteiger partial charge in [-0.3, -0.25) is 14.3 Å². The van der Waals surface area contributed by atoms with E-state index >= 15 is 0 Å². The van der Waals surface area contributed by atoms with E-state index in [1.807, 2.05) is 0 Å². The number of nitrogens with one attached hydrogen (secondary N) is 1. The summed E-state index contributed by atoms with van der Waals surface area (Å²) < 4.78 is 6.54. The summed E-state index contributed by atoms with van der Waals surface area (Å²) >= 11 is 0. The average molecular weight is 272 g/mol. The van der Waals surface area contributed by atoms with Crippen molar-refractivity contribution in [2.75, 3.05) is 13.2 Å². The molecule has 1 aromatic heterocycles. The quantitative estimate of drug-likeness (QED) is 0.497. The summed E-state index contributed by atoms with van der Waals surface area (Å²) in [6.45, 7) is 0.391. The van der Waals surface area contributed by atoms with Crippen LogP contribution in [0.3, 0.4) is 0 Å². The first-order chi connectivity index (χ1) is 8.93. The molecule has 1 aliphatic heterocycles. The SMILES string of the molecule is Cc1cn([C@H]2C[C@@H](O)C(CO)(CO)O2)c(=O)[nH]c1=O. The van der Waals surface area contributed by atoms with Crippen LogP contribution in [-0.4, -0.2) is 49.8 Å². The highest BCUT2D eigenvalue weighted by molar-refractivity contribution is 5.03. The zero-order valence-electron chi connectivity index (χ0n) is 10.4. The molecule has 2 heterocycles. The number of H-pyrrole nitrogens is 1. The number of aliphatic hydroxyl groups is 3. The summed E-state index contributed by atoms with van der Waals surface area (Å²) in [7, 11) is 0. The van der Waals surface area contributed by atoms with Gasteiger partial charge in [0.25, 0.3) is 5.56 Å². The molecule has 19 heavy (non-hydrogen) atoms. The molecule has 0 radical (unpaired) electrons. The number of aromatic nitrogens is 2. The molecule has 0 bridgehead atoms. The van der Waals surface area contributed by atoms with Crippen molar-refractivity contribution in [2.45, 2.75) is 31.3 Å². The Balaban J connectivity index is 2.38. The van der Waals surface area contributed by atoms with Crippen LogP contribution in [-0.2, 0) is 4.74 Å². The van der Waals surface area contributed by atoms with Gasteiger partial charge in [0.2, 0.25) is 0 Å². The highest BCUT2D eigenvalue weighted by Gasteiger charge is 2.48. The van der Waals surface area contributed by atoms with E-state index in [2.05, 4.69) is 4.98 Å². The van der Waals surface area contributed by atoms with Crippen LogP contribution in [0.15, 0.2) is 15.8 Å². The molecule has 0 spiro atoms. The molecule has 8 heteroatoms. The molecular weight excluding hydrogens is 256 g/mol. The largest absolute Gasteiger partial charge is 0.393 e. The van der Waals surface area contributed by atoms with Gasteiger partial charge in [-0.15, -0.1) is 0 Å². The number of ether oxygens (including phenoxy) is 1. The van der Waals surface area contributed by atoms with Gasteiger partial charge in [0.05, 0.1) is 19.3 Å². The number of hydrogen-bond acceptors (Lipinski definition) is 6. The van der Waals surface area contributed by atoms with Gasteiger partial charge in [0.1, 0.15) is 11.8 Å². The lowest BCUT2D eigenvalue weighted by Crippen LogP contribution is -2.46. The van der Waals surface area contributed by atoms with Crippen molar-refractivity contribution in [1.82, 2.24) is 9.55 Å². The predicted molar refractivity (Wildman–Crippen MR) is 63.7 cm³/mol. The fourth-order valence-corrected chi connectivity index (χ4v) is 2.11. The average Bonchev–Trinajstić information content (AvgIpc) is 2.71. The van der Waals surface area contributed by atoms with Gasteiger partial charge >= 0.3 is 5.69 Å². The molecule has 0 aliphatic carbocycles. The highest BCUT2D eigenvalue weighted by Crippen LogP contribution is 2.35.